The van der Waals surface area contributed by atoms with Gasteiger partial charge in [-0.15, -0.1) is 0 Å². The molecule has 0 aliphatic heterocycles. The molecule has 0 amide bonds. The van der Waals surface area contributed by atoms with Gasteiger partial charge in [-0.1, -0.05) is 36.4 Å². The van der Waals surface area contributed by atoms with Crippen LogP contribution in [-0.2, 0) is 12.8 Å². The summed E-state index contributed by atoms with van der Waals surface area (Å²) in [6.45, 7) is 0. The van der Waals surface area contributed by atoms with Crippen molar-refractivity contribution in [2.75, 3.05) is 12.8 Å². The molecule has 0 unspecified atom stereocenters. The molecule has 0 bridgehead atoms. The molecule has 0 saturated carbocycles. The minimum atomic E-state index is 0.417. The maximum atomic E-state index is 6.12. The molecule has 4 aromatic rings. The van der Waals surface area contributed by atoms with Crippen molar-refractivity contribution in [2.24, 2.45) is 0 Å². The number of ether oxygens (including phenoxy) is 1. The van der Waals surface area contributed by atoms with E-state index in [4.69, 9.17) is 15.5 Å². The molecule has 0 aliphatic carbocycles. The first-order valence-electron chi connectivity index (χ1n) is 7.90. The summed E-state index contributed by atoms with van der Waals surface area (Å²) < 4.78 is 7.24. The predicted octanol–water partition coefficient (Wildman–Crippen LogP) is 3.26. The van der Waals surface area contributed by atoms with Crippen molar-refractivity contribution in [3.63, 3.8) is 0 Å². The molecule has 0 radical (unpaired) electrons. The van der Waals surface area contributed by atoms with Gasteiger partial charge in [0.25, 0.3) is 0 Å². The molecule has 0 fully saturated rings. The Kier molecular flexibility index (Phi) is 3.54. The first kappa shape index (κ1) is 14.5. The molecule has 5 heteroatoms. The number of nitrogen functional groups attached to an aromatic ring is 1. The van der Waals surface area contributed by atoms with Crippen LogP contribution in [-0.4, -0.2) is 21.5 Å². The van der Waals surface area contributed by atoms with Gasteiger partial charge in [0.05, 0.1) is 12.8 Å². The number of imidazole rings is 1. The Morgan fingerprint density at radius 1 is 1.00 bits per heavy atom. The molecule has 120 valence electrons. The van der Waals surface area contributed by atoms with Gasteiger partial charge >= 0.3 is 0 Å². The average Bonchev–Trinajstić information content (AvgIpc) is 3.06. The molecule has 0 aliphatic rings. The molecule has 0 spiro atoms. The Hall–Kier alpha value is -3.08. The summed E-state index contributed by atoms with van der Waals surface area (Å²) in [6.07, 6.45) is 3.77. The van der Waals surface area contributed by atoms with E-state index in [1.807, 2.05) is 34.9 Å². The number of fused-ring (bicyclic) bond motifs is 3. The minimum absolute atomic E-state index is 0.417. The number of methoxy groups -OCH3 is 1. The summed E-state index contributed by atoms with van der Waals surface area (Å²) in [7, 11) is 1.63. The van der Waals surface area contributed by atoms with Crippen LogP contribution in [0.1, 0.15) is 11.3 Å². The van der Waals surface area contributed by atoms with Crippen LogP contribution in [0.25, 0.3) is 16.6 Å². The molecular weight excluding hydrogens is 300 g/mol. The fourth-order valence-corrected chi connectivity index (χ4v) is 2.98. The summed E-state index contributed by atoms with van der Waals surface area (Å²) >= 11 is 0. The molecule has 2 N–H and O–H groups in total. The van der Waals surface area contributed by atoms with Crippen LogP contribution in [0, 0.1) is 0 Å². The van der Waals surface area contributed by atoms with Crippen molar-refractivity contribution in [2.45, 2.75) is 12.8 Å². The van der Waals surface area contributed by atoms with E-state index in [2.05, 4.69) is 29.2 Å². The zero-order valence-corrected chi connectivity index (χ0v) is 13.4. The SMILES string of the molecule is COc1cccc2c1nc(N)n1cc(CCc3ccccc3)nc21. The van der Waals surface area contributed by atoms with Crippen LogP contribution >= 0.6 is 0 Å². The molecule has 2 aromatic carbocycles. The predicted molar refractivity (Wildman–Crippen MR) is 95.3 cm³/mol. The molecule has 24 heavy (non-hydrogen) atoms. The second kappa shape index (κ2) is 5.85. The van der Waals surface area contributed by atoms with Gasteiger partial charge in [-0.05, 0) is 30.5 Å². The number of anilines is 1. The summed E-state index contributed by atoms with van der Waals surface area (Å²) in [6, 6.07) is 16.2. The second-order valence-corrected chi connectivity index (χ2v) is 5.74. The van der Waals surface area contributed by atoms with E-state index in [1.165, 1.54) is 5.56 Å². The Bertz CT molecular complexity index is 1010. The highest BCUT2D eigenvalue weighted by atomic mass is 16.5. The zero-order valence-electron chi connectivity index (χ0n) is 13.4. The maximum absolute atomic E-state index is 6.12. The third-order valence-electron chi connectivity index (χ3n) is 4.20. The third-order valence-corrected chi connectivity index (χ3v) is 4.20. The van der Waals surface area contributed by atoms with Crippen molar-refractivity contribution in [3.05, 3.63) is 66.0 Å². The van der Waals surface area contributed by atoms with Crippen LogP contribution in [0.5, 0.6) is 5.75 Å². The quantitative estimate of drug-likeness (QED) is 0.627. The first-order valence-corrected chi connectivity index (χ1v) is 7.90. The Balaban J connectivity index is 1.77. The molecule has 0 saturated heterocycles. The number of hydrogen-bond acceptors (Lipinski definition) is 4. The Labute approximate surface area is 139 Å². The number of rotatable bonds is 4. The largest absolute Gasteiger partial charge is 0.494 e. The highest BCUT2D eigenvalue weighted by Gasteiger charge is 2.13. The van der Waals surface area contributed by atoms with Gasteiger partial charge in [0, 0.05) is 11.6 Å². The first-order chi connectivity index (χ1) is 11.8. The minimum Gasteiger partial charge on any atom is -0.494 e. The van der Waals surface area contributed by atoms with Crippen LogP contribution in [0.15, 0.2) is 54.7 Å². The Morgan fingerprint density at radius 2 is 1.83 bits per heavy atom. The lowest BCUT2D eigenvalue weighted by Gasteiger charge is -2.07. The fourth-order valence-electron chi connectivity index (χ4n) is 2.98. The average molecular weight is 318 g/mol. The summed E-state index contributed by atoms with van der Waals surface area (Å²) in [5, 5.41) is 0.939. The van der Waals surface area contributed by atoms with Crippen molar-refractivity contribution in [3.8, 4) is 5.75 Å². The van der Waals surface area contributed by atoms with Gasteiger partial charge in [0.2, 0.25) is 5.95 Å². The van der Waals surface area contributed by atoms with Gasteiger partial charge in [0.15, 0.2) is 0 Å². The van der Waals surface area contributed by atoms with E-state index in [1.54, 1.807) is 7.11 Å². The Morgan fingerprint density at radius 3 is 2.62 bits per heavy atom. The van der Waals surface area contributed by atoms with E-state index in [-0.39, 0.29) is 0 Å². The van der Waals surface area contributed by atoms with Crippen LogP contribution in [0.4, 0.5) is 5.95 Å². The van der Waals surface area contributed by atoms with E-state index in [9.17, 15) is 0 Å². The number of nitrogens with two attached hydrogens (primary N) is 1. The van der Waals surface area contributed by atoms with E-state index in [0.29, 0.717) is 11.7 Å². The summed E-state index contributed by atoms with van der Waals surface area (Å²) in [5.41, 5.74) is 9.98. The van der Waals surface area contributed by atoms with Gasteiger partial charge in [-0.2, -0.15) is 0 Å². The topological polar surface area (TPSA) is 65.4 Å². The normalized spacial score (nSPS) is 11.2. The van der Waals surface area contributed by atoms with Gasteiger partial charge < -0.3 is 10.5 Å². The lowest BCUT2D eigenvalue weighted by atomic mass is 10.1. The second-order valence-electron chi connectivity index (χ2n) is 5.74. The number of benzene rings is 2. The number of aryl methyl sites for hydroxylation is 2. The van der Waals surface area contributed by atoms with E-state index in [0.717, 1.165) is 35.1 Å². The van der Waals surface area contributed by atoms with E-state index >= 15 is 0 Å². The summed E-state index contributed by atoms with van der Waals surface area (Å²) in [4.78, 5) is 9.26. The van der Waals surface area contributed by atoms with E-state index < -0.39 is 0 Å². The number of para-hydroxylation sites is 1. The van der Waals surface area contributed by atoms with Crippen LogP contribution < -0.4 is 10.5 Å². The van der Waals surface area contributed by atoms with Crippen LogP contribution in [0.3, 0.4) is 0 Å². The highest BCUT2D eigenvalue weighted by Crippen LogP contribution is 2.28. The lowest BCUT2D eigenvalue weighted by Crippen LogP contribution is -2.01. The van der Waals surface area contributed by atoms with Crippen molar-refractivity contribution in [1.29, 1.82) is 0 Å². The maximum Gasteiger partial charge on any atom is 0.206 e. The number of aromatic nitrogens is 3. The standard InChI is InChI=1S/C19H18N4O/c1-24-16-9-5-8-15-17(16)22-19(20)23-12-14(21-18(15)23)11-10-13-6-3-2-4-7-13/h2-9,12H,10-11H2,1H3,(H2,20,22). The highest BCUT2D eigenvalue weighted by molar-refractivity contribution is 5.96. The van der Waals surface area contributed by atoms with Gasteiger partial charge in [-0.3, -0.25) is 4.40 Å². The van der Waals surface area contributed by atoms with Crippen LogP contribution in [0.2, 0.25) is 0 Å². The zero-order chi connectivity index (χ0) is 16.5. The molecule has 2 aromatic heterocycles. The molecule has 4 rings (SSSR count). The molecule has 0 atom stereocenters. The van der Waals surface area contributed by atoms with Gasteiger partial charge in [-0.25, -0.2) is 9.97 Å². The lowest BCUT2D eigenvalue weighted by molar-refractivity contribution is 0.419. The van der Waals surface area contributed by atoms with Crippen molar-refractivity contribution < 1.29 is 4.74 Å². The smallest absolute Gasteiger partial charge is 0.206 e. The fraction of sp³-hybridized carbons (Fsp3) is 0.158. The third kappa shape index (κ3) is 2.44. The van der Waals surface area contributed by atoms with Gasteiger partial charge in [0.1, 0.15) is 16.9 Å². The monoisotopic (exact) mass is 318 g/mol. The molecular formula is C19H18N4O. The molecule has 5 nitrogen and oxygen atoms in total. The van der Waals surface area contributed by atoms with Crippen molar-refractivity contribution >= 4 is 22.5 Å². The molecule has 2 heterocycles. The number of hydrogen-bond donors (Lipinski definition) is 1. The van der Waals surface area contributed by atoms with Crippen molar-refractivity contribution in [1.82, 2.24) is 14.4 Å². The summed E-state index contributed by atoms with van der Waals surface area (Å²) in [5.74, 6) is 1.12. The number of nitrogens with zero attached hydrogens (tertiary/aromatic N) is 3.